The van der Waals surface area contributed by atoms with Gasteiger partial charge in [0, 0.05) is 17.2 Å². The molecular weight excluding hydrogens is 344 g/mol. The SMILES string of the molecule is COc1cc(NC(=O)N[C@@H](C)c2ccc(Cl)cc2)cc(OC)c1OC. The number of nitrogens with one attached hydrogen (secondary N) is 2. The fourth-order valence-corrected chi connectivity index (χ4v) is 2.48. The summed E-state index contributed by atoms with van der Waals surface area (Å²) in [6.07, 6.45) is 0. The normalized spacial score (nSPS) is 11.4. The van der Waals surface area contributed by atoms with Crippen LogP contribution in [-0.4, -0.2) is 27.4 Å². The quantitative estimate of drug-likeness (QED) is 0.804. The average Bonchev–Trinajstić information content (AvgIpc) is 2.61. The predicted molar refractivity (Wildman–Crippen MR) is 98.1 cm³/mol. The largest absolute Gasteiger partial charge is 0.493 e. The fourth-order valence-electron chi connectivity index (χ4n) is 2.35. The second-order valence-corrected chi connectivity index (χ2v) is 5.72. The molecule has 0 aliphatic carbocycles. The highest BCUT2D eigenvalue weighted by atomic mass is 35.5. The molecule has 0 aliphatic heterocycles. The van der Waals surface area contributed by atoms with E-state index in [0.29, 0.717) is 28.0 Å². The summed E-state index contributed by atoms with van der Waals surface area (Å²) in [6, 6.07) is 10.1. The molecule has 7 heteroatoms. The van der Waals surface area contributed by atoms with E-state index in [1.165, 1.54) is 21.3 Å². The van der Waals surface area contributed by atoms with Crippen LogP contribution in [0, 0.1) is 0 Å². The minimum atomic E-state index is -0.350. The third-order valence-electron chi connectivity index (χ3n) is 3.64. The van der Waals surface area contributed by atoms with Crippen molar-refractivity contribution in [3.05, 3.63) is 47.0 Å². The van der Waals surface area contributed by atoms with E-state index in [1.54, 1.807) is 24.3 Å². The molecule has 2 aromatic carbocycles. The highest BCUT2D eigenvalue weighted by molar-refractivity contribution is 6.30. The summed E-state index contributed by atoms with van der Waals surface area (Å²) in [5, 5.41) is 6.28. The van der Waals surface area contributed by atoms with Gasteiger partial charge in [0.2, 0.25) is 5.75 Å². The molecule has 134 valence electrons. The maximum Gasteiger partial charge on any atom is 0.319 e. The Morgan fingerprint density at radius 1 is 1.00 bits per heavy atom. The van der Waals surface area contributed by atoms with Crippen LogP contribution < -0.4 is 24.8 Å². The zero-order valence-corrected chi connectivity index (χ0v) is 15.3. The number of hydrogen-bond acceptors (Lipinski definition) is 4. The smallest absolute Gasteiger partial charge is 0.319 e. The zero-order valence-electron chi connectivity index (χ0n) is 14.6. The van der Waals surface area contributed by atoms with E-state index < -0.39 is 0 Å². The number of rotatable bonds is 6. The lowest BCUT2D eigenvalue weighted by molar-refractivity contribution is 0.249. The van der Waals surface area contributed by atoms with Crippen molar-refractivity contribution in [1.82, 2.24) is 5.32 Å². The Labute approximate surface area is 152 Å². The lowest BCUT2D eigenvalue weighted by atomic mass is 10.1. The summed E-state index contributed by atoms with van der Waals surface area (Å²) < 4.78 is 15.8. The molecule has 0 aromatic heterocycles. The minimum absolute atomic E-state index is 0.181. The van der Waals surface area contributed by atoms with E-state index >= 15 is 0 Å². The Balaban J connectivity index is 2.10. The van der Waals surface area contributed by atoms with Crippen LogP contribution in [0.1, 0.15) is 18.5 Å². The first-order chi connectivity index (χ1) is 12.0. The molecule has 0 unspecified atom stereocenters. The maximum absolute atomic E-state index is 12.3. The molecule has 0 saturated heterocycles. The summed E-state index contributed by atoms with van der Waals surface area (Å²) in [4.78, 5) is 12.3. The van der Waals surface area contributed by atoms with E-state index in [1.807, 2.05) is 19.1 Å². The monoisotopic (exact) mass is 364 g/mol. The molecule has 0 heterocycles. The number of hydrogen-bond donors (Lipinski definition) is 2. The molecule has 0 spiro atoms. The van der Waals surface area contributed by atoms with Crippen molar-refractivity contribution in [2.45, 2.75) is 13.0 Å². The number of carbonyl (C=O) groups excluding carboxylic acids is 1. The lowest BCUT2D eigenvalue weighted by Gasteiger charge is -2.17. The van der Waals surface area contributed by atoms with E-state index in [4.69, 9.17) is 25.8 Å². The summed E-state index contributed by atoms with van der Waals surface area (Å²) in [5.74, 6) is 1.39. The van der Waals surface area contributed by atoms with Crippen molar-refractivity contribution in [3.63, 3.8) is 0 Å². The number of benzene rings is 2. The second kappa shape index (κ2) is 8.48. The second-order valence-electron chi connectivity index (χ2n) is 5.29. The number of anilines is 1. The number of urea groups is 1. The van der Waals surface area contributed by atoms with Crippen LogP contribution in [0.25, 0.3) is 0 Å². The van der Waals surface area contributed by atoms with Gasteiger partial charge in [-0.15, -0.1) is 0 Å². The van der Waals surface area contributed by atoms with Crippen LogP contribution in [-0.2, 0) is 0 Å². The van der Waals surface area contributed by atoms with Gasteiger partial charge in [-0.3, -0.25) is 0 Å². The van der Waals surface area contributed by atoms with Gasteiger partial charge in [0.15, 0.2) is 11.5 Å². The highest BCUT2D eigenvalue weighted by Gasteiger charge is 2.15. The summed E-state index contributed by atoms with van der Waals surface area (Å²) >= 11 is 5.88. The van der Waals surface area contributed by atoms with Crippen LogP contribution in [0.3, 0.4) is 0 Å². The summed E-state index contributed by atoms with van der Waals surface area (Å²) in [5.41, 5.74) is 1.47. The van der Waals surface area contributed by atoms with E-state index in [9.17, 15) is 4.79 Å². The molecule has 25 heavy (non-hydrogen) atoms. The maximum atomic E-state index is 12.3. The van der Waals surface area contributed by atoms with Crippen molar-refractivity contribution in [2.24, 2.45) is 0 Å². The molecule has 2 N–H and O–H groups in total. The first kappa shape index (κ1) is 18.7. The Morgan fingerprint density at radius 2 is 1.56 bits per heavy atom. The standard InChI is InChI=1S/C18H21ClN2O4/c1-11(12-5-7-13(19)8-6-12)20-18(22)21-14-9-15(23-2)17(25-4)16(10-14)24-3/h5-11H,1-4H3,(H2,20,21,22)/t11-/m0/s1. The van der Waals surface area contributed by atoms with Crippen LogP contribution in [0.5, 0.6) is 17.2 Å². The third-order valence-corrected chi connectivity index (χ3v) is 3.89. The predicted octanol–water partition coefficient (Wildman–Crippen LogP) is 4.25. The van der Waals surface area contributed by atoms with Crippen LogP contribution in [0.15, 0.2) is 36.4 Å². The fraction of sp³-hybridized carbons (Fsp3) is 0.278. The number of amides is 2. The van der Waals surface area contributed by atoms with Crippen molar-refractivity contribution in [1.29, 1.82) is 0 Å². The Hall–Kier alpha value is -2.60. The molecule has 2 amide bonds. The van der Waals surface area contributed by atoms with E-state index in [0.717, 1.165) is 5.56 Å². The molecule has 1 atom stereocenters. The average molecular weight is 365 g/mol. The molecule has 0 fully saturated rings. The Kier molecular flexibility index (Phi) is 6.36. The van der Waals surface area contributed by atoms with Gasteiger partial charge in [-0.25, -0.2) is 4.79 Å². The molecule has 2 rings (SSSR count). The van der Waals surface area contributed by atoms with Crippen molar-refractivity contribution in [2.75, 3.05) is 26.6 Å². The van der Waals surface area contributed by atoms with Crippen LogP contribution >= 0.6 is 11.6 Å². The van der Waals surface area contributed by atoms with Gasteiger partial charge >= 0.3 is 6.03 Å². The minimum Gasteiger partial charge on any atom is -0.493 e. The van der Waals surface area contributed by atoms with Gasteiger partial charge < -0.3 is 24.8 Å². The van der Waals surface area contributed by atoms with Gasteiger partial charge in [0.1, 0.15) is 0 Å². The van der Waals surface area contributed by atoms with Crippen LogP contribution in [0.4, 0.5) is 10.5 Å². The number of carbonyl (C=O) groups is 1. The lowest BCUT2D eigenvalue weighted by Crippen LogP contribution is -2.31. The molecular formula is C18H21ClN2O4. The van der Waals surface area contributed by atoms with Gasteiger partial charge in [0.05, 0.1) is 33.1 Å². The van der Waals surface area contributed by atoms with Crippen molar-refractivity contribution in [3.8, 4) is 17.2 Å². The molecule has 0 radical (unpaired) electrons. The van der Waals surface area contributed by atoms with Gasteiger partial charge in [-0.1, -0.05) is 23.7 Å². The number of ether oxygens (including phenoxy) is 3. The number of methoxy groups -OCH3 is 3. The van der Waals surface area contributed by atoms with E-state index in [2.05, 4.69) is 10.6 Å². The van der Waals surface area contributed by atoms with Crippen LogP contribution in [0.2, 0.25) is 5.02 Å². The highest BCUT2D eigenvalue weighted by Crippen LogP contribution is 2.39. The van der Waals surface area contributed by atoms with Crippen molar-refractivity contribution < 1.29 is 19.0 Å². The molecule has 6 nitrogen and oxygen atoms in total. The molecule has 0 aliphatic rings. The first-order valence-corrected chi connectivity index (χ1v) is 7.99. The topological polar surface area (TPSA) is 68.8 Å². The van der Waals surface area contributed by atoms with Gasteiger partial charge in [-0.2, -0.15) is 0 Å². The number of halogens is 1. The van der Waals surface area contributed by atoms with E-state index in [-0.39, 0.29) is 12.1 Å². The summed E-state index contributed by atoms with van der Waals surface area (Å²) in [7, 11) is 4.56. The summed E-state index contributed by atoms with van der Waals surface area (Å²) in [6.45, 7) is 1.89. The molecule has 0 bridgehead atoms. The van der Waals surface area contributed by atoms with Gasteiger partial charge in [-0.05, 0) is 24.6 Å². The first-order valence-electron chi connectivity index (χ1n) is 7.61. The van der Waals surface area contributed by atoms with Crippen molar-refractivity contribution >= 4 is 23.3 Å². The Morgan fingerprint density at radius 3 is 2.04 bits per heavy atom. The zero-order chi connectivity index (χ0) is 18.4. The van der Waals surface area contributed by atoms with Gasteiger partial charge in [0.25, 0.3) is 0 Å². The third kappa shape index (κ3) is 4.70. The molecule has 2 aromatic rings. The molecule has 0 saturated carbocycles. The Bertz CT molecular complexity index is 709.